The lowest BCUT2D eigenvalue weighted by atomic mass is 10.1. The smallest absolute Gasteiger partial charge is 0.274 e. The van der Waals surface area contributed by atoms with Gasteiger partial charge in [0.15, 0.2) is 0 Å². The second-order valence-corrected chi connectivity index (χ2v) is 6.04. The van der Waals surface area contributed by atoms with Crippen LogP contribution in [0.15, 0.2) is 54.6 Å². The third-order valence-corrected chi connectivity index (χ3v) is 3.91. The summed E-state index contributed by atoms with van der Waals surface area (Å²) < 4.78 is 26.7. The van der Waals surface area contributed by atoms with Crippen LogP contribution in [-0.4, -0.2) is 15.9 Å². The van der Waals surface area contributed by atoms with Crippen molar-refractivity contribution in [2.24, 2.45) is 0 Å². The number of carbonyl (C=O) groups is 1. The first-order chi connectivity index (χ1) is 12.9. The molecular weight excluding hydrogens is 350 g/mol. The number of anilines is 2. The monoisotopic (exact) mass is 368 g/mol. The number of hydrogen-bond acceptors (Lipinski definition) is 4. The van der Waals surface area contributed by atoms with Gasteiger partial charge in [-0.05, 0) is 31.5 Å². The van der Waals surface area contributed by atoms with E-state index in [1.54, 1.807) is 6.92 Å². The van der Waals surface area contributed by atoms with E-state index in [9.17, 15) is 13.6 Å². The molecule has 3 rings (SSSR count). The quantitative estimate of drug-likeness (QED) is 0.696. The number of nitrogens with zero attached hydrogens (tertiary/aromatic N) is 2. The number of aromatic nitrogens is 2. The molecule has 0 spiro atoms. The molecule has 1 heterocycles. The summed E-state index contributed by atoms with van der Waals surface area (Å²) in [6.07, 6.45) is 0. The number of aryl methyl sites for hydroxylation is 1. The minimum Gasteiger partial charge on any atom is -0.363 e. The first kappa shape index (κ1) is 18.4. The first-order valence-corrected chi connectivity index (χ1v) is 8.36. The van der Waals surface area contributed by atoms with Crippen molar-refractivity contribution < 1.29 is 13.6 Å². The number of nitrogens with one attached hydrogen (secondary N) is 2. The highest BCUT2D eigenvalue weighted by Crippen LogP contribution is 2.19. The molecule has 0 aliphatic rings. The van der Waals surface area contributed by atoms with Crippen LogP contribution in [0.25, 0.3) is 0 Å². The van der Waals surface area contributed by atoms with E-state index in [0.29, 0.717) is 17.7 Å². The molecule has 1 amide bonds. The Morgan fingerprint density at radius 3 is 2.48 bits per heavy atom. The van der Waals surface area contributed by atoms with Gasteiger partial charge in [0.2, 0.25) is 0 Å². The SMILES string of the molecule is Cc1nc(NC(C)c2ccccc2)cc(C(=O)Nc2ccc(F)cc2F)n1. The molecule has 0 saturated heterocycles. The molecule has 0 aliphatic carbocycles. The van der Waals surface area contributed by atoms with Gasteiger partial charge in [-0.25, -0.2) is 18.7 Å². The van der Waals surface area contributed by atoms with Gasteiger partial charge in [0, 0.05) is 18.2 Å². The highest BCUT2D eigenvalue weighted by atomic mass is 19.1. The molecule has 0 bridgehead atoms. The molecule has 3 aromatic rings. The largest absolute Gasteiger partial charge is 0.363 e. The van der Waals surface area contributed by atoms with E-state index in [1.807, 2.05) is 37.3 Å². The van der Waals surface area contributed by atoms with E-state index in [2.05, 4.69) is 20.6 Å². The van der Waals surface area contributed by atoms with E-state index >= 15 is 0 Å². The summed E-state index contributed by atoms with van der Waals surface area (Å²) in [4.78, 5) is 20.8. The lowest BCUT2D eigenvalue weighted by Crippen LogP contribution is -2.17. The summed E-state index contributed by atoms with van der Waals surface area (Å²) in [5, 5.41) is 5.62. The van der Waals surface area contributed by atoms with Gasteiger partial charge in [0.1, 0.15) is 29.0 Å². The Bertz CT molecular complexity index is 963. The van der Waals surface area contributed by atoms with Crippen molar-refractivity contribution in [2.45, 2.75) is 19.9 Å². The summed E-state index contributed by atoms with van der Waals surface area (Å²) in [6, 6.07) is 14.2. The molecule has 0 radical (unpaired) electrons. The number of benzene rings is 2. The van der Waals surface area contributed by atoms with Crippen molar-refractivity contribution in [1.82, 2.24) is 9.97 Å². The van der Waals surface area contributed by atoms with Crippen LogP contribution in [0.3, 0.4) is 0 Å². The minimum atomic E-state index is -0.856. The summed E-state index contributed by atoms with van der Waals surface area (Å²) >= 11 is 0. The first-order valence-electron chi connectivity index (χ1n) is 8.36. The third kappa shape index (κ3) is 4.63. The molecule has 1 aromatic heterocycles. The average Bonchev–Trinajstić information content (AvgIpc) is 2.64. The summed E-state index contributed by atoms with van der Waals surface area (Å²) in [5.74, 6) is -1.31. The molecule has 7 heteroatoms. The van der Waals surface area contributed by atoms with E-state index in [4.69, 9.17) is 0 Å². The fourth-order valence-electron chi connectivity index (χ4n) is 2.58. The lowest BCUT2D eigenvalue weighted by molar-refractivity contribution is 0.102. The standard InChI is InChI=1S/C20H18F2N4O/c1-12(14-6-4-3-5-7-14)23-19-11-18(24-13(2)25-19)20(27)26-17-9-8-15(21)10-16(17)22/h3-12H,1-2H3,(H,26,27)(H,23,24,25). The Morgan fingerprint density at radius 2 is 1.78 bits per heavy atom. The predicted molar refractivity (Wildman–Crippen MR) is 99.6 cm³/mol. The number of rotatable bonds is 5. The Morgan fingerprint density at radius 1 is 1.04 bits per heavy atom. The summed E-state index contributed by atoms with van der Waals surface area (Å²) in [7, 11) is 0. The van der Waals surface area contributed by atoms with Crippen molar-refractivity contribution in [3.63, 3.8) is 0 Å². The van der Waals surface area contributed by atoms with Crippen molar-refractivity contribution in [2.75, 3.05) is 10.6 Å². The number of amides is 1. The van der Waals surface area contributed by atoms with Gasteiger partial charge in [0.05, 0.1) is 5.69 Å². The van der Waals surface area contributed by atoms with Crippen molar-refractivity contribution in [1.29, 1.82) is 0 Å². The van der Waals surface area contributed by atoms with E-state index < -0.39 is 17.5 Å². The van der Waals surface area contributed by atoms with E-state index in [1.165, 1.54) is 6.07 Å². The van der Waals surface area contributed by atoms with E-state index in [0.717, 1.165) is 17.7 Å². The zero-order valence-electron chi connectivity index (χ0n) is 14.8. The Balaban J connectivity index is 1.79. The fraction of sp³-hybridized carbons (Fsp3) is 0.150. The Kier molecular flexibility index (Phi) is 5.40. The molecule has 5 nitrogen and oxygen atoms in total. The zero-order valence-corrected chi connectivity index (χ0v) is 14.8. The van der Waals surface area contributed by atoms with Gasteiger partial charge >= 0.3 is 0 Å². The van der Waals surface area contributed by atoms with Crippen LogP contribution in [0.1, 0.15) is 34.8 Å². The van der Waals surface area contributed by atoms with Gasteiger partial charge in [-0.3, -0.25) is 4.79 Å². The summed E-state index contributed by atoms with van der Waals surface area (Å²) in [6.45, 7) is 3.63. The molecule has 1 atom stereocenters. The zero-order chi connectivity index (χ0) is 19.4. The highest BCUT2D eigenvalue weighted by Gasteiger charge is 2.14. The molecule has 27 heavy (non-hydrogen) atoms. The van der Waals surface area contributed by atoms with Gasteiger partial charge in [0.25, 0.3) is 5.91 Å². The maximum absolute atomic E-state index is 13.7. The number of hydrogen-bond donors (Lipinski definition) is 2. The normalized spacial score (nSPS) is 11.7. The number of halogens is 2. The average molecular weight is 368 g/mol. The molecule has 0 aliphatic heterocycles. The molecule has 138 valence electrons. The third-order valence-electron chi connectivity index (χ3n) is 3.91. The van der Waals surface area contributed by atoms with Crippen LogP contribution in [0, 0.1) is 18.6 Å². The van der Waals surface area contributed by atoms with Crippen LogP contribution < -0.4 is 10.6 Å². The van der Waals surface area contributed by atoms with E-state index in [-0.39, 0.29) is 17.4 Å². The predicted octanol–water partition coefficient (Wildman–Crippen LogP) is 4.49. The fourth-order valence-corrected chi connectivity index (χ4v) is 2.58. The number of carbonyl (C=O) groups excluding carboxylic acids is 1. The Labute approximate surface area is 155 Å². The molecule has 0 saturated carbocycles. The highest BCUT2D eigenvalue weighted by molar-refractivity contribution is 6.03. The molecule has 0 fully saturated rings. The van der Waals surface area contributed by atoms with Crippen molar-refractivity contribution in [3.8, 4) is 0 Å². The summed E-state index contributed by atoms with van der Waals surface area (Å²) in [5.41, 5.74) is 1.02. The minimum absolute atomic E-state index is 0.0362. The molecule has 2 N–H and O–H groups in total. The van der Waals surface area contributed by atoms with Gasteiger partial charge in [-0.2, -0.15) is 0 Å². The maximum Gasteiger partial charge on any atom is 0.274 e. The van der Waals surface area contributed by atoms with Crippen LogP contribution >= 0.6 is 0 Å². The topological polar surface area (TPSA) is 66.9 Å². The molecular formula is C20H18F2N4O. The lowest BCUT2D eigenvalue weighted by Gasteiger charge is -2.16. The maximum atomic E-state index is 13.7. The molecule has 2 aromatic carbocycles. The molecule has 1 unspecified atom stereocenters. The van der Waals surface area contributed by atoms with Crippen LogP contribution in [0.4, 0.5) is 20.3 Å². The van der Waals surface area contributed by atoms with Gasteiger partial charge < -0.3 is 10.6 Å². The second kappa shape index (κ2) is 7.90. The van der Waals surface area contributed by atoms with Crippen LogP contribution in [0.2, 0.25) is 0 Å². The second-order valence-electron chi connectivity index (χ2n) is 6.04. The van der Waals surface area contributed by atoms with Gasteiger partial charge in [-0.1, -0.05) is 30.3 Å². The van der Waals surface area contributed by atoms with Crippen LogP contribution in [0.5, 0.6) is 0 Å². The Hall–Kier alpha value is -3.35. The van der Waals surface area contributed by atoms with Crippen molar-refractivity contribution in [3.05, 3.63) is 83.3 Å². The van der Waals surface area contributed by atoms with Crippen molar-refractivity contribution >= 4 is 17.4 Å². The van der Waals surface area contributed by atoms with Crippen LogP contribution in [-0.2, 0) is 0 Å². The van der Waals surface area contributed by atoms with Gasteiger partial charge in [-0.15, -0.1) is 0 Å².